The molecule has 6 nitrogen and oxygen atoms in total. The molecule has 0 fully saturated rings. The molecule has 0 N–H and O–H groups in total. The molecule has 4 aromatic heterocycles. The Kier molecular flexibility index (Phi) is 19.3. The Labute approximate surface area is 685 Å². The number of hydrogen-bond acceptors (Lipinski definition) is 6. The highest BCUT2D eigenvalue weighted by molar-refractivity contribution is 6.19. The molecule has 0 spiro atoms. The third kappa shape index (κ3) is 14.6. The maximum atomic E-state index is 5.36. The SMILES string of the molecule is c1ccc(-c2ccc(-c3cc(-c4ccc(-c5ccc6c(c5)nc(-c5ccccc5)c5cccc(-c7ccccc7)c56)cc4)nc(-c4ccc(-c5ccccc5)cc4)n3)cc2)cc1.c1ccc(-c2cccc(-c3nc(-c4ccccc4)cc(-c4ccc(-c5ccc6c(c5)nc(-c5ccccc5)c5cccc(-c7ccccc7)c56)cc4)n3)c2)cc1. The summed E-state index contributed by atoms with van der Waals surface area (Å²) in [5.41, 5.74) is 31.9. The van der Waals surface area contributed by atoms with E-state index < -0.39 is 0 Å². The van der Waals surface area contributed by atoms with Crippen molar-refractivity contribution in [2.45, 2.75) is 0 Å². The van der Waals surface area contributed by atoms with Crippen LogP contribution < -0.4 is 0 Å². The number of fused-ring (bicyclic) bond motifs is 6. The molecule has 0 atom stereocenters. The summed E-state index contributed by atoms with van der Waals surface area (Å²) in [5.74, 6) is 1.38. The summed E-state index contributed by atoms with van der Waals surface area (Å²) >= 11 is 0. The van der Waals surface area contributed by atoms with E-state index in [-0.39, 0.29) is 0 Å². The maximum absolute atomic E-state index is 5.36. The fraction of sp³-hybridized carbons (Fsp3) is 0. The van der Waals surface area contributed by atoms with Crippen LogP contribution in [0.5, 0.6) is 0 Å². The van der Waals surface area contributed by atoms with Crippen LogP contribution in [-0.2, 0) is 0 Å². The minimum Gasteiger partial charge on any atom is -0.247 e. The molecule has 17 aromatic carbocycles. The third-order valence-corrected chi connectivity index (χ3v) is 22.2. The van der Waals surface area contributed by atoms with Gasteiger partial charge in [0.2, 0.25) is 0 Å². The van der Waals surface area contributed by atoms with E-state index >= 15 is 0 Å². The van der Waals surface area contributed by atoms with Gasteiger partial charge < -0.3 is 0 Å². The highest BCUT2D eigenvalue weighted by Gasteiger charge is 2.21. The van der Waals surface area contributed by atoms with E-state index in [9.17, 15) is 0 Å². The third-order valence-electron chi connectivity index (χ3n) is 22.2. The van der Waals surface area contributed by atoms with Gasteiger partial charge in [0.15, 0.2) is 11.6 Å². The summed E-state index contributed by atoms with van der Waals surface area (Å²) in [7, 11) is 0. The molecule has 552 valence electrons. The Morgan fingerprint density at radius 3 is 0.729 bits per heavy atom. The predicted molar refractivity (Wildman–Crippen MR) is 491 cm³/mol. The van der Waals surface area contributed by atoms with Crippen LogP contribution >= 0.6 is 0 Å². The Morgan fingerprint density at radius 1 is 0.127 bits per heavy atom. The second-order valence-corrected chi connectivity index (χ2v) is 29.6. The largest absolute Gasteiger partial charge is 0.247 e. The minimum atomic E-state index is 0.685. The van der Waals surface area contributed by atoms with Gasteiger partial charge in [0.1, 0.15) is 0 Å². The molecule has 0 radical (unpaired) electrons. The molecule has 118 heavy (non-hydrogen) atoms. The summed E-state index contributed by atoms with van der Waals surface area (Å²) in [6, 6.07) is 158. The first-order valence-electron chi connectivity index (χ1n) is 39.9. The van der Waals surface area contributed by atoms with Gasteiger partial charge >= 0.3 is 0 Å². The molecule has 0 aliphatic carbocycles. The Hall–Kier alpha value is -15.8. The quantitative estimate of drug-likeness (QED) is 0.0952. The first kappa shape index (κ1) is 71.3. The lowest BCUT2D eigenvalue weighted by Gasteiger charge is -2.15. The highest BCUT2D eigenvalue weighted by Crippen LogP contribution is 2.44. The van der Waals surface area contributed by atoms with E-state index in [1.165, 1.54) is 49.7 Å². The normalized spacial score (nSPS) is 11.2. The fourth-order valence-electron chi connectivity index (χ4n) is 16.2. The molecule has 6 heteroatoms. The number of rotatable bonds is 15. The van der Waals surface area contributed by atoms with Crippen molar-refractivity contribution < 1.29 is 0 Å². The molecule has 21 rings (SSSR count). The summed E-state index contributed by atoms with van der Waals surface area (Å²) in [6.45, 7) is 0. The summed E-state index contributed by atoms with van der Waals surface area (Å²) in [5, 5.41) is 6.99. The molecule has 4 heterocycles. The van der Waals surface area contributed by atoms with Gasteiger partial charge in [0.25, 0.3) is 0 Å². The van der Waals surface area contributed by atoms with Crippen molar-refractivity contribution in [3.8, 4) is 168 Å². The van der Waals surface area contributed by atoms with Gasteiger partial charge in [-0.1, -0.05) is 419 Å². The number of benzene rings is 17. The molecule has 0 unspecified atom stereocenters. The van der Waals surface area contributed by atoms with Crippen LogP contribution in [0, 0.1) is 0 Å². The van der Waals surface area contributed by atoms with Crippen molar-refractivity contribution in [3.05, 3.63) is 449 Å². The number of pyridine rings is 2. The first-order chi connectivity index (χ1) is 58.5. The van der Waals surface area contributed by atoms with Gasteiger partial charge in [0, 0.05) is 76.8 Å². The molecular weight excluding hydrogens is 1430 g/mol. The van der Waals surface area contributed by atoms with E-state index in [0.29, 0.717) is 11.6 Å². The van der Waals surface area contributed by atoms with Crippen molar-refractivity contribution in [2.75, 3.05) is 0 Å². The molecule has 0 saturated carbocycles. The van der Waals surface area contributed by atoms with Crippen molar-refractivity contribution in [1.82, 2.24) is 29.9 Å². The zero-order valence-electron chi connectivity index (χ0n) is 64.4. The fourth-order valence-corrected chi connectivity index (χ4v) is 16.2. The average molecular weight is 1500 g/mol. The van der Waals surface area contributed by atoms with Crippen molar-refractivity contribution in [3.63, 3.8) is 0 Å². The van der Waals surface area contributed by atoms with Crippen LogP contribution in [0.25, 0.3) is 212 Å². The molecule has 0 aliphatic rings. The van der Waals surface area contributed by atoms with Crippen LogP contribution in [-0.4, -0.2) is 29.9 Å². The van der Waals surface area contributed by atoms with Gasteiger partial charge in [-0.15, -0.1) is 0 Å². The Bertz CT molecular complexity index is 7080. The van der Waals surface area contributed by atoms with Gasteiger partial charge in [0.05, 0.1) is 45.2 Å². The second-order valence-electron chi connectivity index (χ2n) is 29.6. The summed E-state index contributed by atoms with van der Waals surface area (Å²) in [6.07, 6.45) is 0. The topological polar surface area (TPSA) is 77.3 Å². The average Bonchev–Trinajstić information content (AvgIpc) is 0.744. The zero-order chi connectivity index (χ0) is 78.5. The standard InChI is InChI=1S/C59H39N3.C53H35N3/c1-5-14-40(15-6-1)42-24-30-46(31-25-42)54-39-55(62-59(61-54)49-34-28-43(29-35-49)41-16-7-2-8-17-41)47-32-26-44(27-33-47)50-36-37-52-56(38-50)60-58(48-20-11-4-12-21-48)53-23-13-22-51(57(52)53)45-18-9-3-10-19-45;1-5-15-36(16-6-1)42-23-13-24-44(33-42)53-55-48(39-19-9-3-10-20-39)35-49(56-53)40-29-27-37(28-30-40)43-31-32-46-50(34-43)54-52(41-21-11-4-12-22-41)47-26-14-25-45(51(46)47)38-17-7-2-8-18-38/h1-39H;1-35H. The first-order valence-corrected chi connectivity index (χ1v) is 39.9. The number of hydrogen-bond donors (Lipinski definition) is 0. The number of nitrogens with zero attached hydrogens (tertiary/aromatic N) is 6. The monoisotopic (exact) mass is 1500 g/mol. The molecule has 0 bridgehead atoms. The summed E-state index contributed by atoms with van der Waals surface area (Å²) < 4.78 is 0. The van der Waals surface area contributed by atoms with Crippen LogP contribution in [0.3, 0.4) is 0 Å². The van der Waals surface area contributed by atoms with Crippen molar-refractivity contribution >= 4 is 43.4 Å². The highest BCUT2D eigenvalue weighted by atomic mass is 14.9. The molecule has 21 aromatic rings. The molecule has 0 aliphatic heterocycles. The van der Waals surface area contributed by atoms with Crippen molar-refractivity contribution in [1.29, 1.82) is 0 Å². The van der Waals surface area contributed by atoms with Gasteiger partial charge in [-0.25, -0.2) is 29.9 Å². The summed E-state index contributed by atoms with van der Waals surface area (Å²) in [4.78, 5) is 31.3. The van der Waals surface area contributed by atoms with E-state index in [2.05, 4.69) is 413 Å². The van der Waals surface area contributed by atoms with Gasteiger partial charge in [-0.05, 0) is 108 Å². The van der Waals surface area contributed by atoms with Crippen molar-refractivity contribution in [2.24, 2.45) is 0 Å². The molecule has 0 saturated heterocycles. The molecular formula is C112H74N6. The minimum absolute atomic E-state index is 0.685. The second kappa shape index (κ2) is 32.0. The van der Waals surface area contributed by atoms with E-state index in [1.807, 2.05) is 36.4 Å². The Balaban J connectivity index is 0.000000152. The van der Waals surface area contributed by atoms with E-state index in [4.69, 9.17) is 29.9 Å². The van der Waals surface area contributed by atoms with Gasteiger partial charge in [-0.2, -0.15) is 0 Å². The van der Waals surface area contributed by atoms with E-state index in [0.717, 1.165) is 150 Å². The van der Waals surface area contributed by atoms with Crippen LogP contribution in [0.15, 0.2) is 449 Å². The maximum Gasteiger partial charge on any atom is 0.160 e. The lowest BCUT2D eigenvalue weighted by Crippen LogP contribution is -1.96. The van der Waals surface area contributed by atoms with E-state index in [1.54, 1.807) is 0 Å². The lowest BCUT2D eigenvalue weighted by atomic mass is 9.92. The van der Waals surface area contributed by atoms with Gasteiger partial charge in [-0.3, -0.25) is 0 Å². The van der Waals surface area contributed by atoms with Crippen LogP contribution in [0.1, 0.15) is 0 Å². The van der Waals surface area contributed by atoms with Crippen LogP contribution in [0.2, 0.25) is 0 Å². The molecule has 0 amide bonds. The Morgan fingerprint density at radius 2 is 0.364 bits per heavy atom. The number of aromatic nitrogens is 6. The zero-order valence-corrected chi connectivity index (χ0v) is 64.4. The predicted octanol–water partition coefficient (Wildman–Crippen LogP) is 29.4. The van der Waals surface area contributed by atoms with Crippen LogP contribution in [0.4, 0.5) is 0 Å². The lowest BCUT2D eigenvalue weighted by molar-refractivity contribution is 1.18. The smallest absolute Gasteiger partial charge is 0.160 e.